The first kappa shape index (κ1) is 20.2. The Morgan fingerprint density at radius 2 is 1.77 bits per heavy atom. The molecule has 1 unspecified atom stereocenters. The number of carbonyl (C=O) groups excluding carboxylic acids is 1. The molecule has 2 aromatic carbocycles. The van der Waals surface area contributed by atoms with Gasteiger partial charge in [0.2, 0.25) is 0 Å². The Bertz CT molecular complexity index is 759. The van der Waals surface area contributed by atoms with Crippen LogP contribution in [0.15, 0.2) is 54.6 Å². The molecule has 0 aliphatic heterocycles. The summed E-state index contributed by atoms with van der Waals surface area (Å²) in [5.41, 5.74) is 1.10. The summed E-state index contributed by atoms with van der Waals surface area (Å²) in [6.07, 6.45) is 2.19. The van der Waals surface area contributed by atoms with Crippen LogP contribution < -0.4 is 0 Å². The van der Waals surface area contributed by atoms with E-state index in [-0.39, 0.29) is 12.1 Å². The molecular formula is C23H30O3. The van der Waals surface area contributed by atoms with E-state index < -0.39 is 5.60 Å². The highest BCUT2D eigenvalue weighted by Crippen LogP contribution is 2.28. The quantitative estimate of drug-likeness (QED) is 0.410. The molecule has 2 rings (SSSR count). The van der Waals surface area contributed by atoms with Crippen molar-refractivity contribution in [3.63, 3.8) is 0 Å². The summed E-state index contributed by atoms with van der Waals surface area (Å²) in [4.78, 5) is 12.0. The zero-order chi connectivity index (χ0) is 19.2. The van der Waals surface area contributed by atoms with Crippen molar-refractivity contribution in [1.29, 1.82) is 0 Å². The summed E-state index contributed by atoms with van der Waals surface area (Å²) < 4.78 is 11.8. The number of benzene rings is 2. The van der Waals surface area contributed by atoms with Gasteiger partial charge in [-0.1, -0.05) is 56.8 Å². The van der Waals surface area contributed by atoms with E-state index in [4.69, 9.17) is 9.47 Å². The van der Waals surface area contributed by atoms with Crippen LogP contribution in [-0.2, 0) is 14.3 Å². The van der Waals surface area contributed by atoms with Crippen molar-refractivity contribution in [2.75, 3.05) is 6.61 Å². The minimum Gasteiger partial charge on any atom is -0.456 e. The van der Waals surface area contributed by atoms with Gasteiger partial charge >= 0.3 is 5.97 Å². The Hall–Kier alpha value is -2.13. The predicted octanol–water partition coefficient (Wildman–Crippen LogP) is 5.99. The second-order valence-electron chi connectivity index (χ2n) is 6.93. The van der Waals surface area contributed by atoms with E-state index in [9.17, 15) is 4.79 Å². The molecule has 0 saturated carbocycles. The monoisotopic (exact) mass is 354 g/mol. The lowest BCUT2D eigenvalue weighted by Crippen LogP contribution is -2.35. The second kappa shape index (κ2) is 9.00. The van der Waals surface area contributed by atoms with E-state index in [0.29, 0.717) is 18.6 Å². The zero-order valence-corrected chi connectivity index (χ0v) is 16.4. The number of rotatable bonds is 9. The third-order valence-electron chi connectivity index (χ3n) is 5.11. The van der Waals surface area contributed by atoms with Crippen molar-refractivity contribution < 1.29 is 14.3 Å². The molecule has 0 amide bonds. The van der Waals surface area contributed by atoms with Crippen molar-refractivity contribution in [2.45, 2.75) is 58.7 Å². The summed E-state index contributed by atoms with van der Waals surface area (Å²) >= 11 is 0. The van der Waals surface area contributed by atoms with Crippen LogP contribution in [0.1, 0.15) is 58.6 Å². The van der Waals surface area contributed by atoms with Gasteiger partial charge in [0.1, 0.15) is 5.60 Å². The number of hydrogen-bond acceptors (Lipinski definition) is 3. The summed E-state index contributed by atoms with van der Waals surface area (Å²) in [5.74, 6) is -0.323. The van der Waals surface area contributed by atoms with Gasteiger partial charge < -0.3 is 9.47 Å². The van der Waals surface area contributed by atoms with E-state index >= 15 is 0 Å². The number of esters is 1. The van der Waals surface area contributed by atoms with Gasteiger partial charge in [0.25, 0.3) is 0 Å². The first-order valence-electron chi connectivity index (χ1n) is 9.40. The van der Waals surface area contributed by atoms with Gasteiger partial charge in [-0.3, -0.25) is 0 Å². The summed E-state index contributed by atoms with van der Waals surface area (Å²) in [7, 11) is 0. The highest BCUT2D eigenvalue weighted by atomic mass is 16.6. The van der Waals surface area contributed by atoms with Gasteiger partial charge in [-0.25, -0.2) is 4.79 Å². The standard InChI is InChI=1S/C23H30O3/c1-6-23(7-2,26-22(24)17(3)4)14-15-25-18(5)20-13-12-19-10-8-9-11-21(19)16-20/h8-13,16,18H,3,6-7,14-15H2,1-2,4-5H3. The van der Waals surface area contributed by atoms with Crippen LogP contribution in [0.25, 0.3) is 10.8 Å². The fourth-order valence-corrected chi connectivity index (χ4v) is 3.06. The summed E-state index contributed by atoms with van der Waals surface area (Å²) in [6, 6.07) is 14.7. The van der Waals surface area contributed by atoms with E-state index in [1.54, 1.807) is 6.92 Å². The molecule has 0 N–H and O–H groups in total. The normalized spacial score (nSPS) is 12.8. The molecule has 1 atom stereocenters. The van der Waals surface area contributed by atoms with Crippen molar-refractivity contribution in [1.82, 2.24) is 0 Å². The van der Waals surface area contributed by atoms with Crippen molar-refractivity contribution in [3.05, 3.63) is 60.2 Å². The second-order valence-corrected chi connectivity index (χ2v) is 6.93. The van der Waals surface area contributed by atoms with E-state index in [1.165, 1.54) is 10.8 Å². The average Bonchev–Trinajstić information content (AvgIpc) is 2.66. The van der Waals surface area contributed by atoms with Crippen molar-refractivity contribution in [2.24, 2.45) is 0 Å². The zero-order valence-electron chi connectivity index (χ0n) is 16.4. The predicted molar refractivity (Wildman–Crippen MR) is 107 cm³/mol. The largest absolute Gasteiger partial charge is 0.456 e. The first-order chi connectivity index (χ1) is 12.4. The SMILES string of the molecule is C=C(C)C(=O)OC(CC)(CC)CCOC(C)c1ccc2ccccc2c1. The van der Waals surface area contributed by atoms with Gasteiger partial charge in [0.05, 0.1) is 12.7 Å². The van der Waals surface area contributed by atoms with Crippen molar-refractivity contribution >= 4 is 16.7 Å². The molecule has 0 saturated heterocycles. The van der Waals surface area contributed by atoms with Crippen LogP contribution in [0.5, 0.6) is 0 Å². The molecule has 0 aliphatic carbocycles. The van der Waals surface area contributed by atoms with Crippen LogP contribution in [0.4, 0.5) is 0 Å². The Morgan fingerprint density at radius 3 is 2.38 bits per heavy atom. The van der Waals surface area contributed by atoms with E-state index in [0.717, 1.165) is 18.4 Å². The molecular weight excluding hydrogens is 324 g/mol. The molecule has 0 bridgehead atoms. The van der Waals surface area contributed by atoms with Gasteiger partial charge in [-0.15, -0.1) is 0 Å². The van der Waals surface area contributed by atoms with Gasteiger partial charge in [0.15, 0.2) is 0 Å². The maximum absolute atomic E-state index is 12.0. The van der Waals surface area contributed by atoms with Crippen LogP contribution in [0.3, 0.4) is 0 Å². The fraction of sp³-hybridized carbons (Fsp3) is 0.435. The average molecular weight is 354 g/mol. The molecule has 0 aliphatic rings. The molecule has 0 heterocycles. The first-order valence-corrected chi connectivity index (χ1v) is 9.40. The van der Waals surface area contributed by atoms with E-state index in [1.807, 2.05) is 26.0 Å². The van der Waals surface area contributed by atoms with E-state index in [2.05, 4.69) is 43.8 Å². The smallest absolute Gasteiger partial charge is 0.333 e. The minimum absolute atomic E-state index is 0.0112. The molecule has 2 aromatic rings. The summed E-state index contributed by atoms with van der Waals surface area (Å²) in [5, 5.41) is 2.44. The maximum atomic E-state index is 12.0. The lowest BCUT2D eigenvalue weighted by molar-refractivity contribution is -0.158. The lowest BCUT2D eigenvalue weighted by atomic mass is 9.93. The highest BCUT2D eigenvalue weighted by Gasteiger charge is 2.30. The summed E-state index contributed by atoms with van der Waals surface area (Å²) in [6.45, 7) is 12.0. The Kier molecular flexibility index (Phi) is 6.98. The highest BCUT2D eigenvalue weighted by molar-refractivity contribution is 5.87. The van der Waals surface area contributed by atoms with Crippen molar-refractivity contribution in [3.8, 4) is 0 Å². The van der Waals surface area contributed by atoms with Gasteiger partial charge in [-0.05, 0) is 49.1 Å². The number of fused-ring (bicyclic) bond motifs is 1. The molecule has 0 fully saturated rings. The van der Waals surface area contributed by atoms with Crippen LogP contribution in [0, 0.1) is 0 Å². The maximum Gasteiger partial charge on any atom is 0.333 e. The molecule has 3 nitrogen and oxygen atoms in total. The minimum atomic E-state index is -0.487. The van der Waals surface area contributed by atoms with Crippen LogP contribution >= 0.6 is 0 Å². The Morgan fingerprint density at radius 1 is 1.12 bits per heavy atom. The topological polar surface area (TPSA) is 35.5 Å². The number of carbonyl (C=O) groups is 1. The van der Waals surface area contributed by atoms with Crippen LogP contribution in [0.2, 0.25) is 0 Å². The molecule has 3 heteroatoms. The molecule has 0 spiro atoms. The molecule has 26 heavy (non-hydrogen) atoms. The fourth-order valence-electron chi connectivity index (χ4n) is 3.06. The Balaban J connectivity index is 1.98. The Labute approximate surface area is 157 Å². The molecule has 0 aromatic heterocycles. The van der Waals surface area contributed by atoms with Gasteiger partial charge in [-0.2, -0.15) is 0 Å². The number of hydrogen-bond donors (Lipinski definition) is 0. The van der Waals surface area contributed by atoms with Crippen LogP contribution in [-0.4, -0.2) is 18.2 Å². The molecule has 0 radical (unpaired) electrons. The third-order valence-corrected chi connectivity index (χ3v) is 5.11. The number of ether oxygens (including phenoxy) is 2. The lowest BCUT2D eigenvalue weighted by Gasteiger charge is -2.32. The van der Waals surface area contributed by atoms with Gasteiger partial charge in [0, 0.05) is 12.0 Å². The molecule has 140 valence electrons. The third kappa shape index (κ3) is 4.95.